The summed E-state index contributed by atoms with van der Waals surface area (Å²) in [6.45, 7) is 0. The summed E-state index contributed by atoms with van der Waals surface area (Å²) in [7, 11) is 0. The van der Waals surface area contributed by atoms with Gasteiger partial charge >= 0.3 is 0 Å². The molecule has 2 aromatic carbocycles. The van der Waals surface area contributed by atoms with Gasteiger partial charge in [0.2, 0.25) is 0 Å². The Morgan fingerprint density at radius 2 is 0.917 bits per heavy atom. The molecule has 2 atom stereocenters. The van der Waals surface area contributed by atoms with Crippen molar-refractivity contribution >= 4 is 47.0 Å². The SMILES string of the molecule is c1ccc2c(c1)SC1(CC3CCC1CC31Sc3ccccc3S1)S2. The van der Waals surface area contributed by atoms with Gasteiger partial charge in [0.15, 0.2) is 0 Å². The fourth-order valence-corrected chi connectivity index (χ4v) is 12.2. The predicted molar refractivity (Wildman–Crippen MR) is 107 cm³/mol. The van der Waals surface area contributed by atoms with E-state index in [0.717, 1.165) is 11.8 Å². The second kappa shape index (κ2) is 5.18. The molecular weight excluding hydrogens is 368 g/mol. The van der Waals surface area contributed by atoms with E-state index >= 15 is 0 Å². The van der Waals surface area contributed by atoms with Gasteiger partial charge in [0.1, 0.15) is 0 Å². The van der Waals surface area contributed by atoms with E-state index in [2.05, 4.69) is 95.6 Å². The van der Waals surface area contributed by atoms with Crippen LogP contribution >= 0.6 is 47.0 Å². The number of benzene rings is 2. The smallest absolute Gasteiger partial charge is 0.0738 e. The van der Waals surface area contributed by atoms with Gasteiger partial charge in [-0.15, -0.1) is 47.0 Å². The van der Waals surface area contributed by atoms with Crippen LogP contribution in [0.3, 0.4) is 0 Å². The van der Waals surface area contributed by atoms with E-state index < -0.39 is 0 Å². The summed E-state index contributed by atoms with van der Waals surface area (Å²) in [6.07, 6.45) is 5.63. The number of thioether (sulfide) groups is 4. The molecule has 3 aliphatic carbocycles. The van der Waals surface area contributed by atoms with E-state index in [1.807, 2.05) is 0 Å². The van der Waals surface area contributed by atoms with Crippen LogP contribution in [0.4, 0.5) is 0 Å². The number of hydrogen-bond acceptors (Lipinski definition) is 4. The third-order valence-corrected chi connectivity index (χ3v) is 12.9. The minimum absolute atomic E-state index is 0.424. The molecule has 2 aromatic rings. The van der Waals surface area contributed by atoms with Crippen LogP contribution in [0.5, 0.6) is 0 Å². The molecule has 0 N–H and O–H groups in total. The zero-order valence-corrected chi connectivity index (χ0v) is 16.5. The van der Waals surface area contributed by atoms with Crippen molar-refractivity contribution in [3.8, 4) is 0 Å². The fourth-order valence-electron chi connectivity index (χ4n) is 4.90. The zero-order chi connectivity index (χ0) is 15.8. The van der Waals surface area contributed by atoms with Crippen LogP contribution < -0.4 is 0 Å². The molecular formula is C20H18S4. The van der Waals surface area contributed by atoms with Gasteiger partial charge in [-0.1, -0.05) is 24.3 Å². The highest BCUT2D eigenvalue weighted by Crippen LogP contribution is 2.75. The van der Waals surface area contributed by atoms with Crippen LogP contribution in [0.15, 0.2) is 68.1 Å². The Balaban J connectivity index is 1.34. The molecule has 4 heteroatoms. The molecule has 0 amide bonds. The maximum Gasteiger partial charge on any atom is 0.0738 e. The second-order valence-electron chi connectivity index (χ2n) is 7.30. The Morgan fingerprint density at radius 3 is 1.21 bits per heavy atom. The third kappa shape index (κ3) is 2.00. The Labute approximate surface area is 160 Å². The third-order valence-electron chi connectivity index (χ3n) is 6.00. The quantitative estimate of drug-likeness (QED) is 0.478. The van der Waals surface area contributed by atoms with Gasteiger partial charge in [-0.25, -0.2) is 0 Å². The van der Waals surface area contributed by atoms with Crippen molar-refractivity contribution in [3.05, 3.63) is 48.5 Å². The molecule has 0 nitrogen and oxygen atoms in total. The van der Waals surface area contributed by atoms with Crippen LogP contribution in [0.2, 0.25) is 0 Å². The lowest BCUT2D eigenvalue weighted by atomic mass is 9.69. The fraction of sp³-hybridized carbons (Fsp3) is 0.400. The van der Waals surface area contributed by atoms with Crippen molar-refractivity contribution in [1.82, 2.24) is 0 Å². The second-order valence-corrected chi connectivity index (χ2v) is 13.3. The van der Waals surface area contributed by atoms with Crippen LogP contribution in [-0.4, -0.2) is 8.16 Å². The number of hydrogen-bond donors (Lipinski definition) is 0. The highest BCUT2D eigenvalue weighted by Gasteiger charge is 2.62. The lowest BCUT2D eigenvalue weighted by molar-refractivity contribution is 0.165. The molecule has 2 unspecified atom stereocenters. The molecule has 0 saturated heterocycles. The largest absolute Gasteiger partial charge is 0.106 e. The van der Waals surface area contributed by atoms with Crippen LogP contribution in [-0.2, 0) is 0 Å². The highest BCUT2D eigenvalue weighted by molar-refractivity contribution is 8.21. The Kier molecular flexibility index (Phi) is 3.23. The lowest BCUT2D eigenvalue weighted by Gasteiger charge is -2.56. The molecule has 2 aliphatic heterocycles. The van der Waals surface area contributed by atoms with Gasteiger partial charge in [0.05, 0.1) is 8.16 Å². The van der Waals surface area contributed by atoms with E-state index in [0.29, 0.717) is 8.16 Å². The average Bonchev–Trinajstić information content (AvgIpc) is 3.14. The first kappa shape index (κ1) is 15.0. The first-order chi connectivity index (χ1) is 11.8. The van der Waals surface area contributed by atoms with E-state index in [-0.39, 0.29) is 0 Å². The van der Waals surface area contributed by atoms with E-state index in [9.17, 15) is 0 Å². The van der Waals surface area contributed by atoms with E-state index in [1.54, 1.807) is 0 Å². The van der Waals surface area contributed by atoms with Crippen LogP contribution in [0, 0.1) is 11.8 Å². The van der Waals surface area contributed by atoms with Gasteiger partial charge in [-0.2, -0.15) is 0 Å². The first-order valence-corrected chi connectivity index (χ1v) is 12.0. The first-order valence-electron chi connectivity index (χ1n) is 8.71. The van der Waals surface area contributed by atoms with Crippen molar-refractivity contribution in [1.29, 1.82) is 0 Å². The van der Waals surface area contributed by atoms with Gasteiger partial charge in [-0.3, -0.25) is 0 Å². The van der Waals surface area contributed by atoms with Gasteiger partial charge < -0.3 is 0 Å². The Hall–Kier alpha value is -0.160. The summed E-state index contributed by atoms with van der Waals surface area (Å²) in [5.74, 6) is 1.69. The van der Waals surface area contributed by atoms with Crippen molar-refractivity contribution < 1.29 is 0 Å². The summed E-state index contributed by atoms with van der Waals surface area (Å²) in [5.41, 5.74) is 0. The maximum absolute atomic E-state index is 2.33. The molecule has 0 radical (unpaired) electrons. The minimum Gasteiger partial charge on any atom is -0.106 e. The highest BCUT2D eigenvalue weighted by atomic mass is 32.2. The number of rotatable bonds is 0. The summed E-state index contributed by atoms with van der Waals surface area (Å²) in [5, 5.41) is 0. The molecule has 122 valence electrons. The summed E-state index contributed by atoms with van der Waals surface area (Å²) >= 11 is 8.77. The molecule has 5 aliphatic rings. The number of fused-ring (bicyclic) bond motifs is 3. The van der Waals surface area contributed by atoms with Crippen molar-refractivity contribution in [2.75, 3.05) is 0 Å². The monoisotopic (exact) mass is 386 g/mol. The lowest BCUT2D eigenvalue weighted by Crippen LogP contribution is -2.51. The normalized spacial score (nSPS) is 30.7. The van der Waals surface area contributed by atoms with Crippen molar-refractivity contribution in [2.45, 2.75) is 53.4 Å². The topological polar surface area (TPSA) is 0 Å². The molecule has 2 spiro atoms. The van der Waals surface area contributed by atoms with Gasteiger partial charge in [0.25, 0.3) is 0 Å². The van der Waals surface area contributed by atoms with E-state index in [1.165, 1.54) is 45.3 Å². The van der Waals surface area contributed by atoms with Crippen LogP contribution in [0.25, 0.3) is 0 Å². The molecule has 24 heavy (non-hydrogen) atoms. The van der Waals surface area contributed by atoms with E-state index in [4.69, 9.17) is 0 Å². The summed E-state index contributed by atoms with van der Waals surface area (Å²) in [4.78, 5) is 6.11. The van der Waals surface area contributed by atoms with Crippen molar-refractivity contribution in [3.63, 3.8) is 0 Å². The van der Waals surface area contributed by atoms with Crippen molar-refractivity contribution in [2.24, 2.45) is 11.8 Å². The summed E-state index contributed by atoms with van der Waals surface area (Å²) in [6, 6.07) is 18.1. The standard InChI is InChI=1S/C20H18S4/c1-2-6-16-15(5-1)21-19(22-16)11-14-10-9-13(19)12-20(14)23-17-7-3-4-8-18(17)24-20/h1-8,13-14H,9-12H2. The average molecular weight is 387 g/mol. The molecule has 7 rings (SSSR count). The predicted octanol–water partition coefficient (Wildman–Crippen LogP) is 7.00. The van der Waals surface area contributed by atoms with Gasteiger partial charge in [-0.05, 0) is 61.8 Å². The molecule has 3 fully saturated rings. The zero-order valence-electron chi connectivity index (χ0n) is 13.2. The molecule has 2 heterocycles. The Morgan fingerprint density at radius 1 is 0.583 bits per heavy atom. The molecule has 3 saturated carbocycles. The molecule has 0 aromatic heterocycles. The minimum atomic E-state index is 0.424. The van der Waals surface area contributed by atoms with Crippen LogP contribution in [0.1, 0.15) is 25.7 Å². The van der Waals surface area contributed by atoms with Gasteiger partial charge in [0, 0.05) is 19.6 Å². The molecule has 2 bridgehead atoms. The summed E-state index contributed by atoms with van der Waals surface area (Å²) < 4.78 is 0.849. The Bertz CT molecular complexity index is 710. The maximum atomic E-state index is 2.33.